The van der Waals surface area contributed by atoms with E-state index in [0.717, 1.165) is 25.2 Å². The summed E-state index contributed by atoms with van der Waals surface area (Å²) in [7, 11) is 0. The summed E-state index contributed by atoms with van der Waals surface area (Å²) in [5.41, 5.74) is -0.556. The largest absolute Gasteiger partial charge is 0.394 e. The number of fused-ring (bicyclic) bond motifs is 2. The minimum atomic E-state index is -1.31. The first-order chi connectivity index (χ1) is 20.4. The van der Waals surface area contributed by atoms with Gasteiger partial charge in [-0.1, -0.05) is 62.8 Å². The maximum absolute atomic E-state index is 14.6. The van der Waals surface area contributed by atoms with E-state index in [2.05, 4.69) is 4.90 Å². The third-order valence-corrected chi connectivity index (χ3v) is 9.88. The Labute approximate surface area is 247 Å². The average molecular weight is 579 g/mol. The van der Waals surface area contributed by atoms with Gasteiger partial charge in [0.05, 0.1) is 43.8 Å². The Morgan fingerprint density at radius 2 is 1.76 bits per heavy atom. The van der Waals surface area contributed by atoms with Gasteiger partial charge in [0, 0.05) is 45.0 Å². The highest BCUT2D eigenvalue weighted by Crippen LogP contribution is 2.54. The van der Waals surface area contributed by atoms with Gasteiger partial charge in [0.15, 0.2) is 0 Å². The summed E-state index contributed by atoms with van der Waals surface area (Å²) in [6.45, 7) is 8.68. The van der Waals surface area contributed by atoms with Crippen molar-refractivity contribution in [2.24, 2.45) is 17.8 Å². The molecule has 0 aliphatic carbocycles. The molecule has 5 aliphatic rings. The first-order valence-electron chi connectivity index (χ1n) is 15.3. The minimum Gasteiger partial charge on any atom is -0.394 e. The summed E-state index contributed by atoms with van der Waals surface area (Å²) in [5, 5.41) is 10.6. The van der Waals surface area contributed by atoms with Crippen molar-refractivity contribution >= 4 is 23.4 Å². The zero-order valence-corrected chi connectivity index (χ0v) is 24.5. The third kappa shape index (κ3) is 4.78. The maximum atomic E-state index is 14.6. The van der Waals surface area contributed by atoms with E-state index in [1.54, 1.807) is 14.7 Å². The molecule has 5 heterocycles. The van der Waals surface area contributed by atoms with Crippen LogP contribution in [-0.2, 0) is 23.9 Å². The van der Waals surface area contributed by atoms with E-state index in [0.29, 0.717) is 39.4 Å². The van der Waals surface area contributed by atoms with Gasteiger partial charge in [-0.05, 0) is 18.1 Å². The number of likely N-dealkylation sites (tertiary alicyclic amines) is 1. The van der Waals surface area contributed by atoms with Crippen LogP contribution in [0.4, 0.5) is 5.69 Å². The Kier molecular flexibility index (Phi) is 8.24. The van der Waals surface area contributed by atoms with Crippen molar-refractivity contribution in [3.05, 3.63) is 54.6 Å². The lowest BCUT2D eigenvalue weighted by molar-refractivity contribution is -0.151. The summed E-state index contributed by atoms with van der Waals surface area (Å²) in [5.74, 6) is -2.41. The first-order valence-corrected chi connectivity index (χ1v) is 15.3. The van der Waals surface area contributed by atoms with Crippen molar-refractivity contribution in [2.45, 2.75) is 44.1 Å². The predicted molar refractivity (Wildman–Crippen MR) is 156 cm³/mol. The molecule has 1 spiro atoms. The molecule has 10 heteroatoms. The second-order valence-electron chi connectivity index (χ2n) is 12.1. The normalized spacial score (nSPS) is 32.8. The highest BCUT2D eigenvalue weighted by Gasteiger charge is 2.72. The van der Waals surface area contributed by atoms with E-state index in [4.69, 9.17) is 9.47 Å². The molecule has 6 rings (SSSR count). The van der Waals surface area contributed by atoms with Gasteiger partial charge in [-0.25, -0.2) is 0 Å². The first kappa shape index (κ1) is 29.0. The average Bonchev–Trinajstić information content (AvgIpc) is 3.33. The lowest BCUT2D eigenvalue weighted by Crippen LogP contribution is -2.59. The Bertz CT molecular complexity index is 1230. The van der Waals surface area contributed by atoms with Gasteiger partial charge in [-0.3, -0.25) is 19.3 Å². The molecular formula is C32H42N4O6. The molecule has 10 nitrogen and oxygen atoms in total. The minimum absolute atomic E-state index is 0.0574. The second kappa shape index (κ2) is 11.9. The Morgan fingerprint density at radius 1 is 1.00 bits per heavy atom. The van der Waals surface area contributed by atoms with Crippen molar-refractivity contribution < 1.29 is 29.0 Å². The zero-order valence-electron chi connectivity index (χ0n) is 24.5. The van der Waals surface area contributed by atoms with Crippen LogP contribution in [-0.4, -0.2) is 120 Å². The van der Waals surface area contributed by atoms with E-state index in [1.807, 2.05) is 68.5 Å². The van der Waals surface area contributed by atoms with E-state index >= 15 is 0 Å². The quantitative estimate of drug-likeness (QED) is 0.464. The van der Waals surface area contributed by atoms with E-state index < -0.39 is 35.6 Å². The summed E-state index contributed by atoms with van der Waals surface area (Å²) in [4.78, 5) is 50.8. The fraction of sp³-hybridized carbons (Fsp3) is 0.594. The number of carbonyl (C=O) groups is 3. The molecular weight excluding hydrogens is 536 g/mol. The van der Waals surface area contributed by atoms with Crippen LogP contribution in [0.3, 0.4) is 0 Å². The molecule has 0 radical (unpaired) electrons. The summed E-state index contributed by atoms with van der Waals surface area (Å²) in [6, 6.07) is 7.90. The molecule has 0 saturated carbocycles. The van der Waals surface area contributed by atoms with Crippen LogP contribution >= 0.6 is 0 Å². The molecule has 226 valence electrons. The summed E-state index contributed by atoms with van der Waals surface area (Å²) in [6.07, 6.45) is 7.67. The monoisotopic (exact) mass is 578 g/mol. The number of carbonyl (C=O) groups excluding carboxylic acids is 3. The molecule has 42 heavy (non-hydrogen) atoms. The molecule has 1 N–H and O–H groups in total. The molecule has 3 saturated heterocycles. The molecule has 1 unspecified atom stereocenters. The lowest BCUT2D eigenvalue weighted by Gasteiger charge is -2.40. The second-order valence-corrected chi connectivity index (χ2v) is 12.1. The summed E-state index contributed by atoms with van der Waals surface area (Å²) < 4.78 is 12.3. The van der Waals surface area contributed by atoms with Crippen LogP contribution in [0.5, 0.6) is 0 Å². The van der Waals surface area contributed by atoms with Crippen LogP contribution in [0.2, 0.25) is 0 Å². The molecule has 0 bridgehead atoms. The molecule has 5 aliphatic heterocycles. The van der Waals surface area contributed by atoms with Crippen LogP contribution in [0, 0.1) is 17.8 Å². The van der Waals surface area contributed by atoms with Gasteiger partial charge in [-0.15, -0.1) is 0 Å². The smallest absolute Gasteiger partial charge is 0.249 e. The molecule has 0 aromatic heterocycles. The van der Waals surface area contributed by atoms with Crippen molar-refractivity contribution in [3.8, 4) is 0 Å². The lowest BCUT2D eigenvalue weighted by atomic mass is 9.77. The number of hydrogen-bond acceptors (Lipinski definition) is 7. The Balaban J connectivity index is 1.38. The fourth-order valence-corrected chi connectivity index (χ4v) is 7.42. The topological polar surface area (TPSA) is 103 Å². The molecule has 7 atom stereocenters. The number of aliphatic hydroxyl groups excluding tert-OH is 1. The van der Waals surface area contributed by atoms with Gasteiger partial charge < -0.3 is 29.3 Å². The number of aliphatic hydroxyl groups is 1. The summed E-state index contributed by atoms with van der Waals surface area (Å²) >= 11 is 0. The van der Waals surface area contributed by atoms with E-state index in [9.17, 15) is 19.5 Å². The fourth-order valence-electron chi connectivity index (χ4n) is 7.42. The number of amides is 3. The molecule has 1 aromatic rings. The van der Waals surface area contributed by atoms with Gasteiger partial charge in [0.25, 0.3) is 0 Å². The number of nitrogens with zero attached hydrogens (tertiary/aromatic N) is 4. The number of para-hydroxylation sites is 1. The molecule has 1 aromatic carbocycles. The van der Waals surface area contributed by atoms with Crippen molar-refractivity contribution in [2.75, 3.05) is 64.0 Å². The Morgan fingerprint density at radius 3 is 2.48 bits per heavy atom. The van der Waals surface area contributed by atoms with E-state index in [-0.39, 0.29) is 30.2 Å². The van der Waals surface area contributed by atoms with Crippen LogP contribution in [0.25, 0.3) is 0 Å². The number of benzene rings is 1. The van der Waals surface area contributed by atoms with Crippen LogP contribution < -0.4 is 4.90 Å². The predicted octanol–water partition coefficient (Wildman–Crippen LogP) is 1.31. The van der Waals surface area contributed by atoms with Crippen LogP contribution in [0.15, 0.2) is 54.6 Å². The molecule has 3 amide bonds. The van der Waals surface area contributed by atoms with Gasteiger partial charge in [-0.2, -0.15) is 0 Å². The van der Waals surface area contributed by atoms with Gasteiger partial charge in [0.1, 0.15) is 11.6 Å². The number of hydrogen-bond donors (Lipinski definition) is 1. The Hall–Kier alpha value is -3.05. The zero-order chi connectivity index (χ0) is 29.4. The standard InChI is InChI=1S/C32H42N4O6/c1-3-22(2)24(21-37)36-28-31(40)34(16-15-33-17-19-41-20-18-33)13-8-12-32(28)27(30(36)39)26-25(42-32)11-7-14-35(29(26)38)23-9-5-4-6-10-23/h4-12,22,24-28,37H,3,13-21H2,1-2H3/t22-,24-,25-,26+,27-,28?,32-/m0/s1. The van der Waals surface area contributed by atoms with Crippen LogP contribution in [0.1, 0.15) is 20.3 Å². The van der Waals surface area contributed by atoms with Gasteiger partial charge in [0.2, 0.25) is 17.7 Å². The number of anilines is 1. The van der Waals surface area contributed by atoms with Crippen molar-refractivity contribution in [3.63, 3.8) is 0 Å². The highest BCUT2D eigenvalue weighted by molar-refractivity contribution is 6.04. The van der Waals surface area contributed by atoms with Gasteiger partial charge >= 0.3 is 0 Å². The SMILES string of the molecule is CC[C@H](C)[C@H](CO)N1C(=O)[C@@H]2[C@@H]3C(=O)N(c4ccccc4)CC=C[C@@H]3O[C@@]23C=CCN(CCN2CCOCC2)C(=O)C13. The number of ether oxygens (including phenoxy) is 2. The third-order valence-electron chi connectivity index (χ3n) is 9.88. The maximum Gasteiger partial charge on any atom is 0.249 e. The van der Waals surface area contributed by atoms with E-state index in [1.165, 1.54) is 0 Å². The highest BCUT2D eigenvalue weighted by atomic mass is 16.5. The van der Waals surface area contributed by atoms with Crippen molar-refractivity contribution in [1.82, 2.24) is 14.7 Å². The molecule has 3 fully saturated rings. The number of morpholine rings is 1. The number of rotatable bonds is 8. The van der Waals surface area contributed by atoms with Crippen molar-refractivity contribution in [1.29, 1.82) is 0 Å².